The zero-order chi connectivity index (χ0) is 24.9. The van der Waals surface area contributed by atoms with Crippen molar-refractivity contribution in [3.8, 4) is 11.3 Å². The molecule has 0 aliphatic heterocycles. The Hall–Kier alpha value is -4.18. The van der Waals surface area contributed by atoms with Gasteiger partial charge in [0.05, 0.1) is 22.5 Å². The number of thiophene rings is 1. The number of hydrogen-bond acceptors (Lipinski definition) is 7. The normalized spacial score (nSPS) is 12.2. The van der Waals surface area contributed by atoms with Crippen molar-refractivity contribution >= 4 is 69.4 Å². The molecule has 7 nitrogen and oxygen atoms in total. The van der Waals surface area contributed by atoms with Crippen molar-refractivity contribution in [1.82, 2.24) is 4.98 Å². The Morgan fingerprint density at radius 1 is 0.778 bits per heavy atom. The van der Waals surface area contributed by atoms with Crippen LogP contribution in [0.1, 0.15) is 0 Å². The number of rotatable bonds is 4. The van der Waals surface area contributed by atoms with Gasteiger partial charge in [-0.25, -0.2) is 13.6 Å². The van der Waals surface area contributed by atoms with E-state index in [1.807, 2.05) is 30.3 Å². The van der Waals surface area contributed by atoms with Crippen molar-refractivity contribution in [1.29, 1.82) is 0 Å². The van der Waals surface area contributed by atoms with Crippen LogP contribution >= 0.6 is 11.3 Å². The van der Waals surface area contributed by atoms with Crippen LogP contribution in [0.25, 0.3) is 42.2 Å². The predicted octanol–water partition coefficient (Wildman–Crippen LogP) is 6.91. The topological polar surface area (TPSA) is 124 Å². The molecule has 0 amide bonds. The lowest BCUT2D eigenvalue weighted by molar-refractivity contribution is 0.598. The molecule has 9 heteroatoms. The van der Waals surface area contributed by atoms with Crippen molar-refractivity contribution in [2.45, 2.75) is 4.90 Å². The van der Waals surface area contributed by atoms with E-state index in [4.69, 9.17) is 10.9 Å². The monoisotopic (exact) mass is 509 g/mol. The Labute approximate surface area is 210 Å². The molecule has 0 bridgehead atoms. The number of azo groups is 1. The average Bonchev–Trinajstić information content (AvgIpc) is 3.27. The zero-order valence-corrected chi connectivity index (χ0v) is 20.4. The van der Waals surface area contributed by atoms with Crippen molar-refractivity contribution < 1.29 is 8.42 Å². The number of benzene rings is 4. The summed E-state index contributed by atoms with van der Waals surface area (Å²) in [5, 5.41) is 17.3. The first kappa shape index (κ1) is 22.3. The Bertz CT molecular complexity index is 1930. The van der Waals surface area contributed by atoms with Crippen molar-refractivity contribution in [3.63, 3.8) is 0 Å². The molecule has 0 radical (unpaired) electrons. The van der Waals surface area contributed by atoms with Crippen molar-refractivity contribution in [2.75, 3.05) is 5.73 Å². The summed E-state index contributed by atoms with van der Waals surface area (Å²) in [6.45, 7) is 0. The predicted molar refractivity (Wildman–Crippen MR) is 146 cm³/mol. The standard InChI is InChI=1S/C27H19N5O2S2/c28-26-19-8-2-1-7-18(19)25(36(29,33)34)14-23(26)32-31-16-12-13-22(30-15-16)21-10-5-9-20-17-6-3-4-11-24(17)35-27(20)21/h1-15H,28H2,(H2,29,33,34). The Balaban J connectivity index is 1.38. The Morgan fingerprint density at radius 3 is 2.25 bits per heavy atom. The van der Waals surface area contributed by atoms with Crippen molar-refractivity contribution in [2.24, 2.45) is 15.4 Å². The second-order valence-electron chi connectivity index (χ2n) is 8.28. The van der Waals surface area contributed by atoms with Crippen LogP contribution < -0.4 is 10.9 Å². The number of primary sulfonamides is 1. The van der Waals surface area contributed by atoms with Gasteiger partial charge < -0.3 is 5.73 Å². The number of nitrogens with zero attached hydrogens (tertiary/aromatic N) is 3. The summed E-state index contributed by atoms with van der Waals surface area (Å²) >= 11 is 1.75. The number of aromatic nitrogens is 1. The van der Waals surface area contributed by atoms with E-state index < -0.39 is 10.0 Å². The second kappa shape index (κ2) is 8.49. The first-order valence-corrected chi connectivity index (χ1v) is 13.4. The maximum Gasteiger partial charge on any atom is 0.238 e. The first-order valence-electron chi connectivity index (χ1n) is 11.0. The van der Waals surface area contributed by atoms with Crippen LogP contribution in [0.3, 0.4) is 0 Å². The third kappa shape index (κ3) is 3.79. The SMILES string of the molecule is Nc1c(N=Nc2ccc(-c3cccc4c3sc3ccccc34)nc2)cc(S(N)(=O)=O)c2ccccc12. The van der Waals surface area contributed by atoms with E-state index in [-0.39, 0.29) is 10.6 Å². The fourth-order valence-electron chi connectivity index (χ4n) is 4.33. The lowest BCUT2D eigenvalue weighted by Crippen LogP contribution is -2.13. The van der Waals surface area contributed by atoms with Crippen LogP contribution in [-0.2, 0) is 10.0 Å². The number of anilines is 1. The molecule has 0 aliphatic rings. The van der Waals surface area contributed by atoms with E-state index in [0.29, 0.717) is 22.1 Å². The summed E-state index contributed by atoms with van der Waals surface area (Å²) in [6, 6.07) is 26.5. The van der Waals surface area contributed by atoms with E-state index in [0.717, 1.165) is 11.3 Å². The number of pyridine rings is 1. The Morgan fingerprint density at radius 2 is 1.50 bits per heavy atom. The highest BCUT2D eigenvalue weighted by atomic mass is 32.2. The smallest absolute Gasteiger partial charge is 0.238 e. The van der Waals surface area contributed by atoms with Crippen LogP contribution in [0.4, 0.5) is 17.1 Å². The summed E-state index contributed by atoms with van der Waals surface area (Å²) in [7, 11) is -3.98. The fraction of sp³-hybridized carbons (Fsp3) is 0. The summed E-state index contributed by atoms with van der Waals surface area (Å²) in [6.07, 6.45) is 1.63. The molecule has 4 N–H and O–H groups in total. The highest BCUT2D eigenvalue weighted by Gasteiger charge is 2.17. The minimum atomic E-state index is -3.98. The molecule has 4 aromatic carbocycles. The van der Waals surface area contributed by atoms with E-state index in [9.17, 15) is 8.42 Å². The minimum absolute atomic E-state index is 0.0499. The molecule has 0 aliphatic carbocycles. The third-order valence-corrected chi connectivity index (χ3v) is 8.20. The summed E-state index contributed by atoms with van der Waals surface area (Å²) in [5.74, 6) is 0. The summed E-state index contributed by atoms with van der Waals surface area (Å²) < 4.78 is 26.7. The third-order valence-electron chi connectivity index (χ3n) is 6.03. The number of nitrogens with two attached hydrogens (primary N) is 2. The van der Waals surface area contributed by atoms with Gasteiger partial charge in [-0.2, -0.15) is 0 Å². The molecule has 6 rings (SSSR count). The van der Waals surface area contributed by atoms with Gasteiger partial charge in [-0.05, 0) is 24.3 Å². The highest BCUT2D eigenvalue weighted by Crippen LogP contribution is 2.40. The molecule has 2 heterocycles. The van der Waals surface area contributed by atoms with Gasteiger partial charge in [0.2, 0.25) is 10.0 Å². The molecule has 0 fully saturated rings. The lowest BCUT2D eigenvalue weighted by atomic mass is 10.1. The summed E-state index contributed by atoms with van der Waals surface area (Å²) in [5.41, 5.74) is 9.20. The number of nitrogen functional groups attached to an aromatic ring is 1. The maximum atomic E-state index is 12.2. The van der Waals surface area contributed by atoms with E-state index in [2.05, 4.69) is 39.5 Å². The zero-order valence-electron chi connectivity index (χ0n) is 18.8. The molecule has 0 atom stereocenters. The minimum Gasteiger partial charge on any atom is -0.396 e. The van der Waals surface area contributed by atoms with Crippen molar-refractivity contribution in [3.05, 3.63) is 91.1 Å². The molecule has 36 heavy (non-hydrogen) atoms. The number of sulfonamides is 1. The van der Waals surface area contributed by atoms with Crippen LogP contribution in [0.15, 0.2) is 106 Å². The lowest BCUT2D eigenvalue weighted by Gasteiger charge is -2.09. The van der Waals surface area contributed by atoms with Gasteiger partial charge >= 0.3 is 0 Å². The largest absolute Gasteiger partial charge is 0.396 e. The molecule has 0 unspecified atom stereocenters. The van der Waals surface area contributed by atoms with E-state index in [1.54, 1.807) is 41.8 Å². The van der Waals surface area contributed by atoms with Crippen LogP contribution in [0.2, 0.25) is 0 Å². The van der Waals surface area contributed by atoms with Gasteiger partial charge in [0.25, 0.3) is 0 Å². The molecule has 176 valence electrons. The van der Waals surface area contributed by atoms with Crippen LogP contribution in [-0.4, -0.2) is 13.4 Å². The molecule has 6 aromatic rings. The molecule has 0 saturated carbocycles. The van der Waals surface area contributed by atoms with Gasteiger partial charge in [-0.1, -0.05) is 60.7 Å². The van der Waals surface area contributed by atoms with Gasteiger partial charge in [0.15, 0.2) is 0 Å². The number of hydrogen-bond donors (Lipinski definition) is 2. The van der Waals surface area contributed by atoms with Gasteiger partial charge in [0, 0.05) is 36.5 Å². The molecular formula is C27H19N5O2S2. The van der Waals surface area contributed by atoms with Gasteiger partial charge in [0.1, 0.15) is 11.4 Å². The molecular weight excluding hydrogens is 490 g/mol. The molecule has 2 aromatic heterocycles. The van der Waals surface area contributed by atoms with E-state index >= 15 is 0 Å². The molecule has 0 saturated heterocycles. The first-order chi connectivity index (χ1) is 17.4. The fourth-order valence-corrected chi connectivity index (χ4v) is 6.32. The molecule has 0 spiro atoms. The van der Waals surface area contributed by atoms with Crippen LogP contribution in [0, 0.1) is 0 Å². The summed E-state index contributed by atoms with van der Waals surface area (Å²) in [4.78, 5) is 4.57. The van der Waals surface area contributed by atoms with Gasteiger partial charge in [-0.15, -0.1) is 21.6 Å². The maximum absolute atomic E-state index is 12.2. The highest BCUT2D eigenvalue weighted by molar-refractivity contribution is 7.89. The van der Waals surface area contributed by atoms with Gasteiger partial charge in [-0.3, -0.25) is 4.98 Å². The number of fused-ring (bicyclic) bond motifs is 4. The second-order valence-corrected chi connectivity index (χ2v) is 10.9. The van der Waals surface area contributed by atoms with E-state index in [1.165, 1.54) is 26.2 Å². The average molecular weight is 510 g/mol. The van der Waals surface area contributed by atoms with Crippen LogP contribution in [0.5, 0.6) is 0 Å². The Kier molecular flexibility index (Phi) is 5.26. The quantitative estimate of drug-likeness (QED) is 0.198.